The van der Waals surface area contributed by atoms with E-state index in [1.807, 2.05) is 24.3 Å². The van der Waals surface area contributed by atoms with Crippen molar-refractivity contribution >= 4 is 17.6 Å². The average Bonchev–Trinajstić information content (AvgIpc) is 2.43. The van der Waals surface area contributed by atoms with Gasteiger partial charge in [-0.3, -0.25) is 4.99 Å². The Morgan fingerprint density at radius 1 is 1.35 bits per heavy atom. The van der Waals surface area contributed by atoms with Gasteiger partial charge in [-0.05, 0) is 32.4 Å². The smallest absolute Gasteiger partial charge is 0.191 e. The zero-order chi connectivity index (χ0) is 15.0. The van der Waals surface area contributed by atoms with E-state index < -0.39 is 0 Å². The molecule has 112 valence electrons. The number of para-hydroxylation sites is 1. The van der Waals surface area contributed by atoms with Crippen LogP contribution in [-0.2, 0) is 0 Å². The van der Waals surface area contributed by atoms with Crippen LogP contribution in [0.2, 0.25) is 5.02 Å². The van der Waals surface area contributed by atoms with Crippen LogP contribution in [0.3, 0.4) is 0 Å². The molecular weight excluding hydrogens is 274 g/mol. The van der Waals surface area contributed by atoms with Crippen LogP contribution >= 0.6 is 11.6 Å². The highest BCUT2D eigenvalue weighted by Gasteiger charge is 2.11. The first-order valence-electron chi connectivity index (χ1n) is 6.95. The van der Waals surface area contributed by atoms with Gasteiger partial charge in [0.1, 0.15) is 11.9 Å². The Balaban J connectivity index is 2.53. The summed E-state index contributed by atoms with van der Waals surface area (Å²) in [5, 5.41) is 7.14. The Bertz CT molecular complexity index is 435. The topological polar surface area (TPSA) is 45.7 Å². The molecule has 20 heavy (non-hydrogen) atoms. The molecule has 1 rings (SSSR count). The first-order valence-corrected chi connectivity index (χ1v) is 7.33. The normalized spacial score (nSPS) is 13.2. The summed E-state index contributed by atoms with van der Waals surface area (Å²) in [5.74, 6) is 1.50. The van der Waals surface area contributed by atoms with Crippen LogP contribution in [-0.4, -0.2) is 31.7 Å². The quantitative estimate of drug-likeness (QED) is 0.626. The second-order valence-corrected chi connectivity index (χ2v) is 5.24. The minimum Gasteiger partial charge on any atom is -0.487 e. The number of ether oxygens (including phenoxy) is 1. The molecule has 0 aromatic heterocycles. The van der Waals surface area contributed by atoms with Crippen molar-refractivity contribution in [1.82, 2.24) is 10.6 Å². The third kappa shape index (κ3) is 5.70. The van der Waals surface area contributed by atoms with Crippen molar-refractivity contribution in [3.05, 3.63) is 29.3 Å². The second-order valence-electron chi connectivity index (χ2n) is 4.83. The third-order valence-electron chi connectivity index (χ3n) is 2.73. The molecule has 0 saturated carbocycles. The number of guanidine groups is 1. The number of nitrogens with zero attached hydrogens (tertiary/aromatic N) is 1. The number of nitrogens with one attached hydrogen (secondary N) is 2. The first-order chi connectivity index (χ1) is 9.56. The van der Waals surface area contributed by atoms with Gasteiger partial charge >= 0.3 is 0 Å². The lowest BCUT2D eigenvalue weighted by atomic mass is 10.2. The lowest BCUT2D eigenvalue weighted by molar-refractivity contribution is 0.199. The fraction of sp³-hybridized carbons (Fsp3) is 0.533. The number of hydrogen-bond donors (Lipinski definition) is 2. The van der Waals surface area contributed by atoms with Crippen LogP contribution < -0.4 is 15.4 Å². The van der Waals surface area contributed by atoms with Gasteiger partial charge in [0.15, 0.2) is 5.96 Å². The van der Waals surface area contributed by atoms with E-state index in [4.69, 9.17) is 16.3 Å². The number of rotatable bonds is 6. The van der Waals surface area contributed by atoms with Gasteiger partial charge in [-0.15, -0.1) is 0 Å². The first kappa shape index (κ1) is 16.6. The molecule has 1 aromatic carbocycles. The van der Waals surface area contributed by atoms with Crippen LogP contribution in [0.25, 0.3) is 0 Å². The van der Waals surface area contributed by atoms with E-state index in [2.05, 4.69) is 36.4 Å². The highest BCUT2D eigenvalue weighted by Crippen LogP contribution is 2.24. The minimum absolute atomic E-state index is 0.0422. The maximum absolute atomic E-state index is 6.10. The van der Waals surface area contributed by atoms with E-state index in [0.717, 1.165) is 18.1 Å². The molecule has 2 N–H and O–H groups in total. The third-order valence-corrected chi connectivity index (χ3v) is 3.04. The van der Waals surface area contributed by atoms with Crippen LogP contribution in [0.15, 0.2) is 29.3 Å². The average molecular weight is 298 g/mol. The van der Waals surface area contributed by atoms with E-state index in [1.165, 1.54) is 0 Å². The fourth-order valence-corrected chi connectivity index (χ4v) is 1.85. The lowest BCUT2D eigenvalue weighted by Crippen LogP contribution is -2.44. The zero-order valence-electron chi connectivity index (χ0n) is 12.6. The van der Waals surface area contributed by atoms with E-state index in [-0.39, 0.29) is 6.10 Å². The summed E-state index contributed by atoms with van der Waals surface area (Å²) in [4.78, 5) is 4.17. The minimum atomic E-state index is 0.0422. The van der Waals surface area contributed by atoms with Gasteiger partial charge in [-0.2, -0.15) is 0 Å². The van der Waals surface area contributed by atoms with E-state index in [1.54, 1.807) is 7.05 Å². The summed E-state index contributed by atoms with van der Waals surface area (Å²) in [6, 6.07) is 7.86. The summed E-state index contributed by atoms with van der Waals surface area (Å²) in [5.41, 5.74) is 0. The molecule has 0 amide bonds. The summed E-state index contributed by atoms with van der Waals surface area (Å²) in [7, 11) is 1.76. The molecule has 5 heteroatoms. The van der Waals surface area contributed by atoms with Crippen LogP contribution in [0.1, 0.15) is 27.2 Å². The second kappa shape index (κ2) is 8.69. The van der Waals surface area contributed by atoms with Crippen LogP contribution in [0.5, 0.6) is 5.75 Å². The van der Waals surface area contributed by atoms with Crippen molar-refractivity contribution < 1.29 is 4.74 Å². The predicted molar refractivity (Wildman–Crippen MR) is 85.8 cm³/mol. The van der Waals surface area contributed by atoms with Gasteiger partial charge in [-0.25, -0.2) is 0 Å². The van der Waals surface area contributed by atoms with E-state index >= 15 is 0 Å². The molecule has 0 heterocycles. The van der Waals surface area contributed by atoms with Crippen LogP contribution in [0.4, 0.5) is 0 Å². The molecule has 0 aliphatic carbocycles. The van der Waals surface area contributed by atoms with Crippen LogP contribution in [0, 0.1) is 0 Å². The maximum Gasteiger partial charge on any atom is 0.191 e. The Morgan fingerprint density at radius 2 is 2.05 bits per heavy atom. The number of benzene rings is 1. The standard InChI is InChI=1S/C15H24ClN3O/c1-5-12(10-18-15(17-4)19-11(2)3)20-14-9-7-6-8-13(14)16/h6-9,11-12H,5,10H2,1-4H3,(H2,17,18,19). The van der Waals surface area contributed by atoms with Gasteiger partial charge in [0, 0.05) is 13.1 Å². The van der Waals surface area contributed by atoms with Crippen molar-refractivity contribution in [3.63, 3.8) is 0 Å². The highest BCUT2D eigenvalue weighted by atomic mass is 35.5. The molecular formula is C15H24ClN3O. The molecule has 0 radical (unpaired) electrons. The SMILES string of the molecule is CCC(CNC(=NC)NC(C)C)Oc1ccccc1Cl. The molecule has 0 aliphatic heterocycles. The summed E-state index contributed by atoms with van der Waals surface area (Å²) in [6.07, 6.45) is 0.928. The number of hydrogen-bond acceptors (Lipinski definition) is 2. The van der Waals surface area contributed by atoms with Crippen molar-refractivity contribution in [2.24, 2.45) is 4.99 Å². The van der Waals surface area contributed by atoms with Crippen molar-refractivity contribution in [1.29, 1.82) is 0 Å². The monoisotopic (exact) mass is 297 g/mol. The van der Waals surface area contributed by atoms with E-state index in [9.17, 15) is 0 Å². The fourth-order valence-electron chi connectivity index (χ4n) is 1.67. The largest absolute Gasteiger partial charge is 0.487 e. The summed E-state index contributed by atoms with van der Waals surface area (Å²) < 4.78 is 5.92. The molecule has 0 spiro atoms. The molecule has 0 saturated heterocycles. The Hall–Kier alpha value is -1.42. The molecule has 4 nitrogen and oxygen atoms in total. The van der Waals surface area contributed by atoms with Gasteiger partial charge < -0.3 is 15.4 Å². The highest BCUT2D eigenvalue weighted by molar-refractivity contribution is 6.32. The Kier molecular flexibility index (Phi) is 7.23. The molecule has 1 aromatic rings. The van der Waals surface area contributed by atoms with Crippen molar-refractivity contribution in [3.8, 4) is 5.75 Å². The lowest BCUT2D eigenvalue weighted by Gasteiger charge is -2.21. The van der Waals surface area contributed by atoms with Crippen molar-refractivity contribution in [2.45, 2.75) is 39.3 Å². The molecule has 0 aliphatic rings. The Labute approximate surface area is 126 Å². The Morgan fingerprint density at radius 3 is 2.60 bits per heavy atom. The van der Waals surface area contributed by atoms with Gasteiger partial charge in [0.2, 0.25) is 0 Å². The molecule has 0 bridgehead atoms. The van der Waals surface area contributed by atoms with Gasteiger partial charge in [0.25, 0.3) is 0 Å². The number of halogens is 1. The maximum atomic E-state index is 6.10. The van der Waals surface area contributed by atoms with Gasteiger partial charge in [-0.1, -0.05) is 30.7 Å². The van der Waals surface area contributed by atoms with E-state index in [0.29, 0.717) is 17.6 Å². The molecule has 1 atom stereocenters. The predicted octanol–water partition coefficient (Wildman–Crippen LogP) is 3.07. The zero-order valence-corrected chi connectivity index (χ0v) is 13.4. The van der Waals surface area contributed by atoms with Crippen molar-refractivity contribution in [2.75, 3.05) is 13.6 Å². The summed E-state index contributed by atoms with van der Waals surface area (Å²) in [6.45, 7) is 6.91. The van der Waals surface area contributed by atoms with Gasteiger partial charge in [0.05, 0.1) is 11.6 Å². The number of aliphatic imine (C=N–C) groups is 1. The molecule has 1 unspecified atom stereocenters. The summed E-state index contributed by atoms with van der Waals surface area (Å²) >= 11 is 6.10. The molecule has 0 fully saturated rings.